The maximum atomic E-state index is 14.2. The minimum absolute atomic E-state index is 0.228. The number of hydrogen-bond donors (Lipinski definition) is 1. The lowest BCUT2D eigenvalue weighted by molar-refractivity contribution is -0.141. The van der Waals surface area contributed by atoms with Crippen LogP contribution < -0.4 is 9.47 Å². The Balaban J connectivity index is 1.56. The number of aryl methyl sites for hydroxylation is 1. The highest BCUT2D eigenvalue weighted by molar-refractivity contribution is 5.70. The predicted octanol–water partition coefficient (Wildman–Crippen LogP) is 5.01. The van der Waals surface area contributed by atoms with Crippen LogP contribution in [0.1, 0.15) is 42.7 Å². The summed E-state index contributed by atoms with van der Waals surface area (Å²) >= 11 is 0. The fourth-order valence-electron chi connectivity index (χ4n) is 3.89. The summed E-state index contributed by atoms with van der Waals surface area (Å²) in [7, 11) is 1.49. The third-order valence-electron chi connectivity index (χ3n) is 5.74. The van der Waals surface area contributed by atoms with Gasteiger partial charge in [-0.1, -0.05) is 25.1 Å². The zero-order valence-electron chi connectivity index (χ0n) is 18.0. The van der Waals surface area contributed by atoms with Crippen LogP contribution in [-0.4, -0.2) is 28.2 Å². The number of pyridine rings is 2. The van der Waals surface area contributed by atoms with E-state index in [1.165, 1.54) is 7.11 Å². The molecule has 2 unspecified atom stereocenters. The van der Waals surface area contributed by atoms with Crippen molar-refractivity contribution in [3.8, 4) is 22.8 Å². The molecule has 3 aromatic rings. The van der Waals surface area contributed by atoms with E-state index in [1.807, 2.05) is 30.3 Å². The third-order valence-corrected chi connectivity index (χ3v) is 5.74. The fourth-order valence-corrected chi connectivity index (χ4v) is 3.89. The van der Waals surface area contributed by atoms with Crippen molar-refractivity contribution in [3.05, 3.63) is 71.4 Å². The molecule has 2 atom stereocenters. The minimum Gasteiger partial charge on any atom is -0.484 e. The normalized spacial score (nSPS) is 16.4. The van der Waals surface area contributed by atoms with Gasteiger partial charge < -0.3 is 14.6 Å². The van der Waals surface area contributed by atoms with Gasteiger partial charge in [0.25, 0.3) is 0 Å². The second kappa shape index (κ2) is 9.34. The number of benzene rings is 1. The number of carbonyl (C=O) groups is 1. The summed E-state index contributed by atoms with van der Waals surface area (Å²) in [6.45, 7) is 1.70. The van der Waals surface area contributed by atoms with Gasteiger partial charge in [0.2, 0.25) is 5.88 Å². The zero-order chi connectivity index (χ0) is 22.7. The smallest absolute Gasteiger partial charge is 0.306 e. The van der Waals surface area contributed by atoms with Crippen molar-refractivity contribution >= 4 is 5.97 Å². The number of aliphatic carboxylic acids is 1. The van der Waals surface area contributed by atoms with Gasteiger partial charge in [0.1, 0.15) is 17.7 Å². The Labute approximate surface area is 186 Å². The Morgan fingerprint density at radius 1 is 1.25 bits per heavy atom. The van der Waals surface area contributed by atoms with Crippen LogP contribution in [0.2, 0.25) is 0 Å². The summed E-state index contributed by atoms with van der Waals surface area (Å²) in [5, 5.41) is 9.20. The van der Waals surface area contributed by atoms with Crippen molar-refractivity contribution < 1.29 is 23.8 Å². The number of aromatic nitrogens is 2. The molecule has 6 nitrogen and oxygen atoms in total. The minimum atomic E-state index is -0.814. The molecule has 0 saturated carbocycles. The Kier molecular flexibility index (Phi) is 6.35. The molecule has 3 heterocycles. The van der Waals surface area contributed by atoms with Crippen molar-refractivity contribution in [2.45, 2.75) is 38.7 Å². The molecule has 7 heteroatoms. The van der Waals surface area contributed by atoms with E-state index >= 15 is 0 Å². The van der Waals surface area contributed by atoms with E-state index in [1.54, 1.807) is 19.2 Å². The summed E-state index contributed by atoms with van der Waals surface area (Å²) in [6, 6.07) is 11.2. The highest BCUT2D eigenvalue weighted by Gasteiger charge is 2.22. The fraction of sp³-hybridized carbons (Fsp3) is 0.320. The van der Waals surface area contributed by atoms with Gasteiger partial charge in [-0.2, -0.15) is 0 Å². The van der Waals surface area contributed by atoms with Crippen LogP contribution in [0.25, 0.3) is 11.1 Å². The number of carboxylic acids is 1. The van der Waals surface area contributed by atoms with Crippen LogP contribution >= 0.6 is 0 Å². The zero-order valence-corrected chi connectivity index (χ0v) is 18.0. The number of rotatable bonds is 6. The monoisotopic (exact) mass is 436 g/mol. The molecule has 0 saturated heterocycles. The summed E-state index contributed by atoms with van der Waals surface area (Å²) in [4.78, 5) is 19.6. The summed E-state index contributed by atoms with van der Waals surface area (Å²) < 4.78 is 25.6. The molecule has 1 aromatic carbocycles. The largest absolute Gasteiger partial charge is 0.484 e. The van der Waals surface area contributed by atoms with Crippen LogP contribution in [0.3, 0.4) is 0 Å². The van der Waals surface area contributed by atoms with Crippen LogP contribution in [0.5, 0.6) is 11.6 Å². The van der Waals surface area contributed by atoms with Crippen molar-refractivity contribution in [1.82, 2.24) is 9.97 Å². The molecule has 0 fully saturated rings. The maximum absolute atomic E-state index is 14.2. The van der Waals surface area contributed by atoms with E-state index in [0.29, 0.717) is 23.4 Å². The standard InChI is InChI=1S/C25H25FN2O4/c1-15(25(29)30)10-16-6-7-17-4-3-5-22(32-23(17)11-16)21-9-8-18(13-27-21)19-12-24(31-2)28-14-20(19)26/h6-9,11-15,22H,3-5,10H2,1-2H3,(H,29,30). The van der Waals surface area contributed by atoms with E-state index in [0.717, 1.165) is 48.0 Å². The first-order chi connectivity index (χ1) is 15.4. The second-order valence-electron chi connectivity index (χ2n) is 8.06. The number of hydrogen-bond acceptors (Lipinski definition) is 5. The van der Waals surface area contributed by atoms with Crippen LogP contribution in [0, 0.1) is 11.7 Å². The van der Waals surface area contributed by atoms with Crippen molar-refractivity contribution in [1.29, 1.82) is 0 Å². The molecule has 1 N–H and O–H groups in total. The van der Waals surface area contributed by atoms with Gasteiger partial charge >= 0.3 is 5.97 Å². The summed E-state index contributed by atoms with van der Waals surface area (Å²) in [5.41, 5.74) is 3.82. The van der Waals surface area contributed by atoms with Gasteiger partial charge in [0.15, 0.2) is 0 Å². The molecular weight excluding hydrogens is 411 g/mol. The SMILES string of the molecule is COc1cc(-c2ccc(C3CCCc4ccc(CC(C)C(=O)O)cc4O3)nc2)c(F)cn1. The van der Waals surface area contributed by atoms with Gasteiger partial charge in [0, 0.05) is 23.4 Å². The lowest BCUT2D eigenvalue weighted by Crippen LogP contribution is -2.12. The third kappa shape index (κ3) is 4.72. The van der Waals surface area contributed by atoms with Gasteiger partial charge in [0.05, 0.1) is 24.9 Å². The number of methoxy groups -OCH3 is 1. The Morgan fingerprint density at radius 3 is 2.81 bits per heavy atom. The van der Waals surface area contributed by atoms with Crippen LogP contribution in [-0.2, 0) is 17.6 Å². The van der Waals surface area contributed by atoms with Crippen molar-refractivity contribution in [3.63, 3.8) is 0 Å². The van der Waals surface area contributed by atoms with E-state index in [9.17, 15) is 14.3 Å². The first-order valence-corrected chi connectivity index (χ1v) is 10.6. The highest BCUT2D eigenvalue weighted by Crippen LogP contribution is 2.35. The van der Waals surface area contributed by atoms with Gasteiger partial charge in [-0.3, -0.25) is 9.78 Å². The van der Waals surface area contributed by atoms with E-state index < -0.39 is 17.7 Å². The topological polar surface area (TPSA) is 81.5 Å². The van der Waals surface area contributed by atoms with E-state index in [4.69, 9.17) is 9.47 Å². The van der Waals surface area contributed by atoms with Gasteiger partial charge in [-0.25, -0.2) is 9.37 Å². The summed E-state index contributed by atoms with van der Waals surface area (Å²) in [6.07, 6.45) is 5.63. The average molecular weight is 436 g/mol. The average Bonchev–Trinajstić information content (AvgIpc) is 3.01. The van der Waals surface area contributed by atoms with Crippen molar-refractivity contribution in [2.24, 2.45) is 5.92 Å². The van der Waals surface area contributed by atoms with E-state index in [-0.39, 0.29) is 6.10 Å². The molecule has 1 aliphatic rings. The lowest BCUT2D eigenvalue weighted by atomic mass is 9.98. The molecule has 0 amide bonds. The molecule has 0 spiro atoms. The lowest BCUT2D eigenvalue weighted by Gasteiger charge is -2.18. The number of ether oxygens (including phenoxy) is 2. The molecule has 166 valence electrons. The molecule has 0 radical (unpaired) electrons. The molecule has 1 aliphatic heterocycles. The molecular formula is C25H25FN2O4. The molecule has 0 bridgehead atoms. The number of halogens is 1. The molecule has 0 aliphatic carbocycles. The second-order valence-corrected chi connectivity index (χ2v) is 8.06. The van der Waals surface area contributed by atoms with Crippen LogP contribution in [0.15, 0.2) is 48.8 Å². The first kappa shape index (κ1) is 21.7. The maximum Gasteiger partial charge on any atom is 0.306 e. The number of nitrogens with zero attached hydrogens (tertiary/aromatic N) is 2. The van der Waals surface area contributed by atoms with Gasteiger partial charge in [-0.05, 0) is 48.9 Å². The number of fused-ring (bicyclic) bond motifs is 1. The summed E-state index contributed by atoms with van der Waals surface area (Å²) in [5.74, 6) is -0.606. The predicted molar refractivity (Wildman–Crippen MR) is 117 cm³/mol. The Hall–Kier alpha value is -3.48. The quantitative estimate of drug-likeness (QED) is 0.585. The molecule has 4 rings (SSSR count). The molecule has 2 aromatic heterocycles. The van der Waals surface area contributed by atoms with Crippen molar-refractivity contribution in [2.75, 3.05) is 7.11 Å². The Bertz CT molecular complexity index is 1120. The van der Waals surface area contributed by atoms with Gasteiger partial charge in [-0.15, -0.1) is 0 Å². The van der Waals surface area contributed by atoms with Crippen LogP contribution in [0.4, 0.5) is 4.39 Å². The Morgan fingerprint density at radius 2 is 2.09 bits per heavy atom. The van der Waals surface area contributed by atoms with E-state index in [2.05, 4.69) is 9.97 Å². The highest BCUT2D eigenvalue weighted by atomic mass is 19.1. The first-order valence-electron chi connectivity index (χ1n) is 10.6. The number of carboxylic acid groups (broad SMARTS) is 1. The molecule has 32 heavy (non-hydrogen) atoms.